The van der Waals surface area contributed by atoms with Crippen molar-refractivity contribution in [2.24, 2.45) is 0 Å². The molecular weight excluding hydrogens is 369 g/mol. The molecule has 20 heavy (non-hydrogen) atoms. The number of hydrogen-bond donors (Lipinski definition) is 2. The molecule has 0 amide bonds. The number of nitrogens with one attached hydrogen (secondary N) is 1. The Hall–Kier alpha value is -2.09. The van der Waals surface area contributed by atoms with Crippen LogP contribution in [0.1, 0.15) is 10.5 Å². The lowest BCUT2D eigenvalue weighted by Crippen LogP contribution is -2.05. The summed E-state index contributed by atoms with van der Waals surface area (Å²) in [7, 11) is 0. The second-order valence-corrected chi connectivity index (χ2v) is 5.42. The van der Waals surface area contributed by atoms with Gasteiger partial charge in [-0.2, -0.15) is 0 Å². The number of anilines is 2. The maximum Gasteiger partial charge on any atom is 0.356 e. The lowest BCUT2D eigenvalue weighted by molar-refractivity contribution is 0.0690. The molecule has 0 radical (unpaired) electrons. The Kier molecular flexibility index (Phi) is 3.31. The molecule has 0 fully saturated rings. The van der Waals surface area contributed by atoms with E-state index in [1.54, 1.807) is 22.7 Å². The number of carboxylic acids is 1. The van der Waals surface area contributed by atoms with Crippen molar-refractivity contribution in [2.75, 3.05) is 5.32 Å². The first-order valence-electron chi connectivity index (χ1n) is 5.88. The van der Waals surface area contributed by atoms with Gasteiger partial charge in [0.1, 0.15) is 5.65 Å². The van der Waals surface area contributed by atoms with E-state index in [4.69, 9.17) is 0 Å². The van der Waals surface area contributed by atoms with E-state index in [2.05, 4.69) is 32.9 Å². The quantitative estimate of drug-likeness (QED) is 0.685. The van der Waals surface area contributed by atoms with Crippen molar-refractivity contribution in [1.29, 1.82) is 0 Å². The molecule has 0 saturated heterocycles. The minimum atomic E-state index is -1.02. The summed E-state index contributed by atoms with van der Waals surface area (Å²) in [5.74, 6) is -0.678. The summed E-state index contributed by atoms with van der Waals surface area (Å²) >= 11 is 2.20. The Morgan fingerprint density at radius 2 is 2.10 bits per heavy atom. The number of aromatic carboxylic acids is 1. The van der Waals surface area contributed by atoms with E-state index >= 15 is 0 Å². The van der Waals surface area contributed by atoms with Crippen LogP contribution < -0.4 is 5.32 Å². The standard InChI is InChI=1S/C14H10IN3O2/c15-9-4-3-5-10(8-9)16-13-12(14(19)20)18-7-2-1-6-11(18)17-13/h1-8,16H,(H,19,20). The van der Waals surface area contributed by atoms with Gasteiger partial charge in [-0.05, 0) is 52.9 Å². The van der Waals surface area contributed by atoms with Gasteiger partial charge in [0.2, 0.25) is 0 Å². The first-order chi connectivity index (χ1) is 9.65. The van der Waals surface area contributed by atoms with Crippen LogP contribution in [0.2, 0.25) is 0 Å². The van der Waals surface area contributed by atoms with Crippen molar-refractivity contribution in [3.8, 4) is 0 Å². The molecule has 1 aromatic carbocycles. The van der Waals surface area contributed by atoms with E-state index in [9.17, 15) is 9.90 Å². The van der Waals surface area contributed by atoms with Gasteiger partial charge in [-0.15, -0.1) is 0 Å². The zero-order valence-corrected chi connectivity index (χ0v) is 12.4. The van der Waals surface area contributed by atoms with Gasteiger partial charge < -0.3 is 10.4 Å². The molecule has 5 nitrogen and oxygen atoms in total. The summed E-state index contributed by atoms with van der Waals surface area (Å²) in [6, 6.07) is 13.0. The third-order valence-electron chi connectivity index (χ3n) is 2.82. The molecular formula is C14H10IN3O2. The predicted octanol–water partition coefficient (Wildman–Crippen LogP) is 3.38. The monoisotopic (exact) mass is 379 g/mol. The number of rotatable bonds is 3. The molecule has 0 spiro atoms. The Labute approximate surface area is 128 Å². The van der Waals surface area contributed by atoms with E-state index in [0.29, 0.717) is 11.5 Å². The highest BCUT2D eigenvalue weighted by Gasteiger charge is 2.18. The van der Waals surface area contributed by atoms with Crippen molar-refractivity contribution in [2.45, 2.75) is 0 Å². The van der Waals surface area contributed by atoms with Crippen LogP contribution in [0.25, 0.3) is 5.65 Å². The zero-order chi connectivity index (χ0) is 14.1. The first-order valence-corrected chi connectivity index (χ1v) is 6.96. The van der Waals surface area contributed by atoms with Crippen LogP contribution in [-0.4, -0.2) is 20.5 Å². The van der Waals surface area contributed by atoms with E-state index < -0.39 is 5.97 Å². The van der Waals surface area contributed by atoms with Crippen molar-refractivity contribution < 1.29 is 9.90 Å². The fourth-order valence-corrected chi connectivity index (χ4v) is 2.53. The van der Waals surface area contributed by atoms with Crippen molar-refractivity contribution >= 4 is 45.7 Å². The Morgan fingerprint density at radius 3 is 2.85 bits per heavy atom. The van der Waals surface area contributed by atoms with Crippen molar-refractivity contribution in [3.05, 3.63) is 57.9 Å². The van der Waals surface area contributed by atoms with Gasteiger partial charge in [0.25, 0.3) is 0 Å². The molecule has 0 aliphatic heterocycles. The summed E-state index contributed by atoms with van der Waals surface area (Å²) < 4.78 is 2.62. The van der Waals surface area contributed by atoms with Gasteiger partial charge in [0.05, 0.1) is 0 Å². The van der Waals surface area contributed by atoms with E-state index in [1.807, 2.05) is 30.3 Å². The molecule has 0 unspecified atom stereocenters. The molecule has 0 bridgehead atoms. The Morgan fingerprint density at radius 1 is 1.25 bits per heavy atom. The lowest BCUT2D eigenvalue weighted by Gasteiger charge is -2.04. The maximum absolute atomic E-state index is 11.5. The number of benzene rings is 1. The summed E-state index contributed by atoms with van der Waals surface area (Å²) in [6.45, 7) is 0. The number of pyridine rings is 1. The van der Waals surface area contributed by atoms with Gasteiger partial charge in [-0.1, -0.05) is 12.1 Å². The second-order valence-electron chi connectivity index (χ2n) is 4.18. The van der Waals surface area contributed by atoms with Gasteiger partial charge in [-0.3, -0.25) is 4.40 Å². The average molecular weight is 379 g/mol. The highest BCUT2D eigenvalue weighted by Crippen LogP contribution is 2.23. The van der Waals surface area contributed by atoms with E-state index in [-0.39, 0.29) is 5.69 Å². The maximum atomic E-state index is 11.5. The number of fused-ring (bicyclic) bond motifs is 1. The molecule has 100 valence electrons. The van der Waals surface area contributed by atoms with Gasteiger partial charge in [0, 0.05) is 15.5 Å². The second kappa shape index (κ2) is 5.12. The number of hydrogen-bond acceptors (Lipinski definition) is 3. The van der Waals surface area contributed by atoms with Crippen LogP contribution in [0, 0.1) is 3.57 Å². The van der Waals surface area contributed by atoms with Crippen LogP contribution >= 0.6 is 22.6 Å². The molecule has 0 atom stereocenters. The van der Waals surface area contributed by atoms with Gasteiger partial charge in [0.15, 0.2) is 11.5 Å². The molecule has 2 heterocycles. The minimum absolute atomic E-state index is 0.125. The number of imidazole rings is 1. The highest BCUT2D eigenvalue weighted by molar-refractivity contribution is 14.1. The number of halogens is 1. The highest BCUT2D eigenvalue weighted by atomic mass is 127. The predicted molar refractivity (Wildman–Crippen MR) is 84.6 cm³/mol. The molecule has 0 aliphatic rings. The molecule has 3 rings (SSSR count). The third kappa shape index (κ3) is 2.34. The van der Waals surface area contributed by atoms with Crippen LogP contribution in [0.4, 0.5) is 11.5 Å². The van der Waals surface area contributed by atoms with Crippen molar-refractivity contribution in [1.82, 2.24) is 9.38 Å². The summed E-state index contributed by atoms with van der Waals surface area (Å²) in [5, 5.41) is 12.4. The number of carbonyl (C=O) groups is 1. The number of nitrogens with zero attached hydrogens (tertiary/aromatic N) is 2. The van der Waals surface area contributed by atoms with Gasteiger partial charge >= 0.3 is 5.97 Å². The van der Waals surface area contributed by atoms with Gasteiger partial charge in [-0.25, -0.2) is 9.78 Å². The topological polar surface area (TPSA) is 66.6 Å². The van der Waals surface area contributed by atoms with Crippen LogP contribution in [-0.2, 0) is 0 Å². The Bertz CT molecular complexity index is 798. The fourth-order valence-electron chi connectivity index (χ4n) is 1.99. The molecule has 0 saturated carbocycles. The molecule has 6 heteroatoms. The summed E-state index contributed by atoms with van der Waals surface area (Å²) in [5.41, 5.74) is 1.53. The molecule has 2 aromatic heterocycles. The molecule has 0 aliphatic carbocycles. The number of carboxylic acid groups (broad SMARTS) is 1. The normalized spacial score (nSPS) is 10.7. The summed E-state index contributed by atoms with van der Waals surface area (Å²) in [6.07, 6.45) is 1.69. The lowest BCUT2D eigenvalue weighted by atomic mass is 10.3. The van der Waals surface area contributed by atoms with E-state index in [1.165, 1.54) is 0 Å². The molecule has 2 N–H and O–H groups in total. The molecule has 3 aromatic rings. The zero-order valence-electron chi connectivity index (χ0n) is 10.2. The fraction of sp³-hybridized carbons (Fsp3) is 0. The van der Waals surface area contributed by atoms with E-state index in [0.717, 1.165) is 9.26 Å². The first kappa shape index (κ1) is 12.9. The Balaban J connectivity index is 2.11. The summed E-state index contributed by atoms with van der Waals surface area (Å²) in [4.78, 5) is 15.8. The third-order valence-corrected chi connectivity index (χ3v) is 3.49. The SMILES string of the molecule is O=C(O)c1c(Nc2cccc(I)c2)nc2ccccn12. The smallest absolute Gasteiger partial charge is 0.356 e. The largest absolute Gasteiger partial charge is 0.476 e. The van der Waals surface area contributed by atoms with Crippen molar-refractivity contribution in [3.63, 3.8) is 0 Å². The van der Waals surface area contributed by atoms with Crippen LogP contribution in [0.15, 0.2) is 48.7 Å². The average Bonchev–Trinajstić information content (AvgIpc) is 2.76. The minimum Gasteiger partial charge on any atom is -0.476 e. The van der Waals surface area contributed by atoms with Crippen LogP contribution in [0.5, 0.6) is 0 Å². The van der Waals surface area contributed by atoms with Crippen LogP contribution in [0.3, 0.4) is 0 Å². The number of aromatic nitrogens is 2.